The van der Waals surface area contributed by atoms with Gasteiger partial charge in [-0.15, -0.1) is 0 Å². The lowest BCUT2D eigenvalue weighted by atomic mass is 10.2. The van der Waals surface area contributed by atoms with Crippen LogP contribution in [-0.4, -0.2) is 4.57 Å². The first-order valence-electron chi connectivity index (χ1n) is 4.44. The fourth-order valence-corrected chi connectivity index (χ4v) is 1.80. The molecule has 0 aliphatic heterocycles. The van der Waals surface area contributed by atoms with Crippen LogP contribution in [0.3, 0.4) is 0 Å². The van der Waals surface area contributed by atoms with Crippen molar-refractivity contribution >= 4 is 15.9 Å². The van der Waals surface area contributed by atoms with Crippen molar-refractivity contribution in [1.29, 1.82) is 0 Å². The van der Waals surface area contributed by atoms with Gasteiger partial charge in [0.05, 0.1) is 0 Å². The van der Waals surface area contributed by atoms with Crippen LogP contribution in [-0.2, 0) is 6.54 Å². The van der Waals surface area contributed by atoms with E-state index in [2.05, 4.69) is 22.9 Å². The second kappa shape index (κ2) is 4.09. The summed E-state index contributed by atoms with van der Waals surface area (Å²) < 4.78 is 2.77. The van der Waals surface area contributed by atoms with E-state index in [1.807, 2.05) is 20.0 Å². The molecule has 0 atom stereocenters. The first-order chi connectivity index (χ1) is 6.07. The van der Waals surface area contributed by atoms with E-state index in [4.69, 9.17) is 0 Å². The molecule has 13 heavy (non-hydrogen) atoms. The fourth-order valence-electron chi connectivity index (χ4n) is 1.25. The van der Waals surface area contributed by atoms with Crippen LogP contribution in [0.15, 0.2) is 15.5 Å². The van der Waals surface area contributed by atoms with E-state index in [0.29, 0.717) is 0 Å². The molecular formula is C10H14BrNO. The maximum Gasteiger partial charge on any atom is 0.253 e. The summed E-state index contributed by atoms with van der Waals surface area (Å²) in [5.74, 6) is 0. The zero-order valence-electron chi connectivity index (χ0n) is 8.22. The standard InChI is InChI=1S/C10H14BrNO/c1-4-5-12-6-9(11)7(2)8(3)10(12)13/h6H,4-5H2,1-3H3. The van der Waals surface area contributed by atoms with Crippen molar-refractivity contribution < 1.29 is 0 Å². The minimum atomic E-state index is 0.127. The lowest BCUT2D eigenvalue weighted by molar-refractivity contribution is 0.647. The predicted molar refractivity (Wildman–Crippen MR) is 58.2 cm³/mol. The third-order valence-corrected chi connectivity index (χ3v) is 3.04. The Hall–Kier alpha value is -0.570. The molecule has 0 aliphatic carbocycles. The number of hydrogen-bond acceptors (Lipinski definition) is 1. The Balaban J connectivity index is 3.33. The molecule has 0 N–H and O–H groups in total. The zero-order chi connectivity index (χ0) is 10.0. The molecule has 1 aromatic rings. The number of halogens is 1. The summed E-state index contributed by atoms with van der Waals surface area (Å²) in [6, 6.07) is 0. The van der Waals surface area contributed by atoms with Gasteiger partial charge >= 0.3 is 0 Å². The van der Waals surface area contributed by atoms with Crippen LogP contribution in [0.25, 0.3) is 0 Å². The molecule has 1 heterocycles. The number of aromatic nitrogens is 1. The SMILES string of the molecule is CCCn1cc(Br)c(C)c(C)c1=O. The van der Waals surface area contributed by atoms with E-state index in [9.17, 15) is 4.79 Å². The fraction of sp³-hybridized carbons (Fsp3) is 0.500. The number of aryl methyl sites for hydroxylation is 1. The highest BCUT2D eigenvalue weighted by Crippen LogP contribution is 2.15. The highest BCUT2D eigenvalue weighted by Gasteiger charge is 2.05. The summed E-state index contributed by atoms with van der Waals surface area (Å²) in [5, 5.41) is 0. The molecule has 3 heteroatoms. The Morgan fingerprint density at radius 3 is 2.54 bits per heavy atom. The molecular weight excluding hydrogens is 230 g/mol. The lowest BCUT2D eigenvalue weighted by Gasteiger charge is -2.08. The van der Waals surface area contributed by atoms with Crippen molar-refractivity contribution in [2.24, 2.45) is 0 Å². The van der Waals surface area contributed by atoms with Gasteiger partial charge < -0.3 is 4.57 Å². The summed E-state index contributed by atoms with van der Waals surface area (Å²) in [6.07, 6.45) is 2.85. The van der Waals surface area contributed by atoms with Crippen molar-refractivity contribution in [3.63, 3.8) is 0 Å². The number of hydrogen-bond donors (Lipinski definition) is 0. The lowest BCUT2D eigenvalue weighted by Crippen LogP contribution is -2.22. The van der Waals surface area contributed by atoms with Gasteiger partial charge in [0.2, 0.25) is 0 Å². The van der Waals surface area contributed by atoms with Gasteiger partial charge in [-0.25, -0.2) is 0 Å². The van der Waals surface area contributed by atoms with Gasteiger partial charge in [-0.3, -0.25) is 4.79 Å². The van der Waals surface area contributed by atoms with E-state index in [1.54, 1.807) is 4.57 Å². The molecule has 0 aliphatic rings. The minimum absolute atomic E-state index is 0.127. The van der Waals surface area contributed by atoms with E-state index in [1.165, 1.54) is 0 Å². The Labute approximate surface area is 86.7 Å². The highest BCUT2D eigenvalue weighted by molar-refractivity contribution is 9.10. The third kappa shape index (κ3) is 2.02. The molecule has 1 rings (SSSR count). The smallest absolute Gasteiger partial charge is 0.253 e. The van der Waals surface area contributed by atoms with Crippen LogP contribution in [0.1, 0.15) is 24.5 Å². The van der Waals surface area contributed by atoms with Gasteiger partial charge in [-0.05, 0) is 41.8 Å². The average molecular weight is 244 g/mol. The van der Waals surface area contributed by atoms with Gasteiger partial charge in [0.1, 0.15) is 0 Å². The molecule has 0 radical (unpaired) electrons. The average Bonchev–Trinajstić information content (AvgIpc) is 2.11. The van der Waals surface area contributed by atoms with Gasteiger partial charge in [0.15, 0.2) is 0 Å². The van der Waals surface area contributed by atoms with E-state index < -0.39 is 0 Å². The van der Waals surface area contributed by atoms with Crippen molar-refractivity contribution in [3.8, 4) is 0 Å². The van der Waals surface area contributed by atoms with Crippen molar-refractivity contribution in [2.75, 3.05) is 0 Å². The molecule has 0 amide bonds. The monoisotopic (exact) mass is 243 g/mol. The van der Waals surface area contributed by atoms with Gasteiger partial charge in [0.25, 0.3) is 5.56 Å². The van der Waals surface area contributed by atoms with Gasteiger partial charge in [0, 0.05) is 22.8 Å². The molecule has 0 fully saturated rings. The third-order valence-electron chi connectivity index (χ3n) is 2.24. The first kappa shape index (κ1) is 10.5. The molecule has 72 valence electrons. The normalized spacial score (nSPS) is 10.5. The van der Waals surface area contributed by atoms with Crippen LogP contribution < -0.4 is 5.56 Å². The second-order valence-corrected chi connectivity index (χ2v) is 4.08. The van der Waals surface area contributed by atoms with Gasteiger partial charge in [-0.2, -0.15) is 0 Å². The minimum Gasteiger partial charge on any atom is -0.314 e. The summed E-state index contributed by atoms with van der Waals surface area (Å²) in [7, 11) is 0. The first-order valence-corrected chi connectivity index (χ1v) is 5.23. The summed E-state index contributed by atoms with van der Waals surface area (Å²) in [6.45, 7) is 6.68. The number of nitrogens with zero attached hydrogens (tertiary/aromatic N) is 1. The van der Waals surface area contributed by atoms with E-state index in [0.717, 1.165) is 28.6 Å². The van der Waals surface area contributed by atoms with Crippen LogP contribution in [0.5, 0.6) is 0 Å². The maximum atomic E-state index is 11.7. The Kier molecular flexibility index (Phi) is 3.31. The molecule has 0 saturated carbocycles. The molecule has 0 spiro atoms. The summed E-state index contributed by atoms with van der Waals surface area (Å²) in [4.78, 5) is 11.7. The highest BCUT2D eigenvalue weighted by atomic mass is 79.9. The topological polar surface area (TPSA) is 22.0 Å². The van der Waals surface area contributed by atoms with Gasteiger partial charge in [-0.1, -0.05) is 6.92 Å². The largest absolute Gasteiger partial charge is 0.314 e. The number of pyridine rings is 1. The Morgan fingerprint density at radius 1 is 1.38 bits per heavy atom. The van der Waals surface area contributed by atoms with Crippen molar-refractivity contribution in [2.45, 2.75) is 33.7 Å². The maximum absolute atomic E-state index is 11.7. The molecule has 1 aromatic heterocycles. The number of rotatable bonds is 2. The predicted octanol–water partition coefficient (Wildman–Crippen LogP) is 2.64. The molecule has 0 aromatic carbocycles. The van der Waals surface area contributed by atoms with Crippen LogP contribution in [0.4, 0.5) is 0 Å². The molecule has 2 nitrogen and oxygen atoms in total. The molecule has 0 bridgehead atoms. The Morgan fingerprint density at radius 2 is 2.00 bits per heavy atom. The zero-order valence-corrected chi connectivity index (χ0v) is 9.81. The molecule has 0 saturated heterocycles. The van der Waals surface area contributed by atoms with E-state index >= 15 is 0 Å². The van der Waals surface area contributed by atoms with Crippen LogP contribution in [0.2, 0.25) is 0 Å². The van der Waals surface area contributed by atoms with Crippen molar-refractivity contribution in [3.05, 3.63) is 32.2 Å². The van der Waals surface area contributed by atoms with Crippen LogP contribution in [0, 0.1) is 13.8 Å². The van der Waals surface area contributed by atoms with Crippen LogP contribution >= 0.6 is 15.9 Å². The summed E-state index contributed by atoms with van der Waals surface area (Å²) in [5.41, 5.74) is 2.00. The van der Waals surface area contributed by atoms with E-state index in [-0.39, 0.29) is 5.56 Å². The second-order valence-electron chi connectivity index (χ2n) is 3.23. The quantitative estimate of drug-likeness (QED) is 0.783. The summed E-state index contributed by atoms with van der Waals surface area (Å²) >= 11 is 3.44. The van der Waals surface area contributed by atoms with Crippen molar-refractivity contribution in [1.82, 2.24) is 4.57 Å². The molecule has 0 unspecified atom stereocenters. The Bertz CT molecular complexity index is 368.